The number of rotatable bonds is 7. The average Bonchev–Trinajstić information content (AvgIpc) is 3.34. The van der Waals surface area contributed by atoms with Crippen LogP contribution >= 0.6 is 0 Å². The van der Waals surface area contributed by atoms with E-state index in [-0.39, 0.29) is 16.7 Å². The number of hydrogen-bond acceptors (Lipinski definition) is 9. The first kappa shape index (κ1) is 22.1. The summed E-state index contributed by atoms with van der Waals surface area (Å²) in [7, 11) is 0.899. The summed E-state index contributed by atoms with van der Waals surface area (Å²) in [5.41, 5.74) is 1.06. The van der Waals surface area contributed by atoms with Gasteiger partial charge in [0.25, 0.3) is 0 Å². The van der Waals surface area contributed by atoms with Crippen molar-refractivity contribution in [3.63, 3.8) is 0 Å². The lowest BCUT2D eigenvalue weighted by Crippen LogP contribution is -2.40. The first-order valence-electron chi connectivity index (χ1n) is 9.80. The highest BCUT2D eigenvalue weighted by molar-refractivity contribution is 7.89. The van der Waals surface area contributed by atoms with Crippen LogP contribution in [-0.4, -0.2) is 70.6 Å². The largest absolute Gasteiger partial charge is 0.493 e. The molecule has 3 aromatic rings. The maximum absolute atomic E-state index is 13.0. The standard InChI is InChI=1S/C21H23N3O7S/c1-27-17-12-15(13-18(28-2)19(17)29-3)21-23-22-20(31-21)14-5-4-6-16(11-14)32(25,26)24-7-9-30-10-8-24/h4-6,11-13H,7-10H2,1-3H3. The van der Waals surface area contributed by atoms with Crippen LogP contribution in [0.1, 0.15) is 0 Å². The van der Waals surface area contributed by atoms with Crippen LogP contribution in [0.5, 0.6) is 17.2 Å². The Balaban J connectivity index is 1.67. The predicted molar refractivity (Wildman–Crippen MR) is 114 cm³/mol. The number of methoxy groups -OCH3 is 3. The van der Waals surface area contributed by atoms with Gasteiger partial charge in [-0.15, -0.1) is 10.2 Å². The zero-order chi connectivity index (χ0) is 22.7. The number of benzene rings is 2. The Labute approximate surface area is 185 Å². The van der Waals surface area contributed by atoms with Crippen LogP contribution in [0, 0.1) is 0 Å². The van der Waals surface area contributed by atoms with E-state index in [9.17, 15) is 8.42 Å². The molecule has 4 rings (SSSR count). The monoisotopic (exact) mass is 461 g/mol. The average molecular weight is 461 g/mol. The molecule has 1 aromatic heterocycles. The summed E-state index contributed by atoms with van der Waals surface area (Å²) in [5.74, 6) is 1.74. The van der Waals surface area contributed by atoms with Crippen LogP contribution in [0.2, 0.25) is 0 Å². The number of morpholine rings is 1. The molecule has 0 unspecified atom stereocenters. The summed E-state index contributed by atoms with van der Waals surface area (Å²) in [4.78, 5) is 0.157. The second-order valence-electron chi connectivity index (χ2n) is 6.87. The van der Waals surface area contributed by atoms with Crippen LogP contribution in [0.25, 0.3) is 22.9 Å². The Morgan fingerprint density at radius 2 is 1.50 bits per heavy atom. The summed E-state index contributed by atoms with van der Waals surface area (Å²) in [6, 6.07) is 9.81. The highest BCUT2D eigenvalue weighted by Crippen LogP contribution is 2.41. The van der Waals surface area contributed by atoms with E-state index in [0.29, 0.717) is 54.7 Å². The predicted octanol–water partition coefficient (Wildman–Crippen LogP) is 2.45. The van der Waals surface area contributed by atoms with Gasteiger partial charge in [0.2, 0.25) is 27.6 Å². The lowest BCUT2D eigenvalue weighted by Gasteiger charge is -2.26. The molecule has 0 N–H and O–H groups in total. The normalized spacial score (nSPS) is 14.8. The number of ether oxygens (including phenoxy) is 4. The van der Waals surface area contributed by atoms with Crippen molar-refractivity contribution in [3.05, 3.63) is 36.4 Å². The molecular weight excluding hydrogens is 438 g/mol. The lowest BCUT2D eigenvalue weighted by atomic mass is 10.2. The van der Waals surface area contributed by atoms with Gasteiger partial charge < -0.3 is 23.4 Å². The molecule has 0 atom stereocenters. The van der Waals surface area contributed by atoms with Gasteiger partial charge in [-0.25, -0.2) is 8.42 Å². The fourth-order valence-electron chi connectivity index (χ4n) is 3.39. The summed E-state index contributed by atoms with van der Waals surface area (Å²) in [5, 5.41) is 8.20. The molecule has 1 aliphatic heterocycles. The number of nitrogens with zero attached hydrogens (tertiary/aromatic N) is 3. The minimum atomic E-state index is -3.65. The zero-order valence-electron chi connectivity index (χ0n) is 17.9. The first-order chi connectivity index (χ1) is 15.5. The molecule has 170 valence electrons. The summed E-state index contributed by atoms with van der Waals surface area (Å²) < 4.78 is 54.5. The Morgan fingerprint density at radius 1 is 0.875 bits per heavy atom. The second kappa shape index (κ2) is 9.15. The molecule has 11 heteroatoms. The second-order valence-corrected chi connectivity index (χ2v) is 8.81. The molecule has 0 spiro atoms. The molecular formula is C21H23N3O7S. The maximum Gasteiger partial charge on any atom is 0.248 e. The number of hydrogen-bond donors (Lipinski definition) is 0. The number of aromatic nitrogens is 2. The van der Waals surface area contributed by atoms with Crippen molar-refractivity contribution in [1.82, 2.24) is 14.5 Å². The van der Waals surface area contributed by atoms with Gasteiger partial charge in [0.1, 0.15) is 0 Å². The summed E-state index contributed by atoms with van der Waals surface area (Å²) in [6.07, 6.45) is 0. The van der Waals surface area contributed by atoms with Gasteiger partial charge in [0, 0.05) is 24.2 Å². The fraction of sp³-hybridized carbons (Fsp3) is 0.333. The van der Waals surface area contributed by atoms with Gasteiger partial charge in [-0.2, -0.15) is 4.31 Å². The van der Waals surface area contributed by atoms with Gasteiger partial charge in [-0.3, -0.25) is 0 Å². The molecule has 2 heterocycles. The van der Waals surface area contributed by atoms with Crippen LogP contribution in [0.3, 0.4) is 0 Å². The molecule has 0 saturated carbocycles. The molecule has 0 radical (unpaired) electrons. The molecule has 0 aliphatic carbocycles. The molecule has 32 heavy (non-hydrogen) atoms. The highest BCUT2D eigenvalue weighted by atomic mass is 32.2. The third kappa shape index (κ3) is 4.14. The Kier molecular flexibility index (Phi) is 6.31. The summed E-state index contributed by atoms with van der Waals surface area (Å²) >= 11 is 0. The molecule has 0 amide bonds. The zero-order valence-corrected chi connectivity index (χ0v) is 18.7. The van der Waals surface area contributed by atoms with E-state index in [2.05, 4.69) is 10.2 Å². The van der Waals surface area contributed by atoms with Gasteiger partial charge in [0.15, 0.2) is 11.5 Å². The van der Waals surface area contributed by atoms with Crippen molar-refractivity contribution >= 4 is 10.0 Å². The van der Waals surface area contributed by atoms with E-state index in [1.165, 1.54) is 31.7 Å². The molecule has 0 bridgehead atoms. The number of sulfonamides is 1. The van der Waals surface area contributed by atoms with Gasteiger partial charge in [-0.05, 0) is 30.3 Å². The van der Waals surface area contributed by atoms with E-state index in [1.807, 2.05) is 0 Å². The van der Waals surface area contributed by atoms with Crippen molar-refractivity contribution in [2.45, 2.75) is 4.90 Å². The van der Waals surface area contributed by atoms with E-state index >= 15 is 0 Å². The van der Waals surface area contributed by atoms with Gasteiger partial charge in [0.05, 0.1) is 39.4 Å². The first-order valence-corrected chi connectivity index (χ1v) is 11.2. The van der Waals surface area contributed by atoms with E-state index < -0.39 is 10.0 Å². The molecule has 1 fully saturated rings. The molecule has 1 aliphatic rings. The van der Waals surface area contributed by atoms with Crippen LogP contribution in [0.15, 0.2) is 45.7 Å². The van der Waals surface area contributed by atoms with Crippen molar-refractivity contribution in [1.29, 1.82) is 0 Å². The Bertz CT molecular complexity index is 1180. The fourth-order valence-corrected chi connectivity index (χ4v) is 4.84. The molecule has 1 saturated heterocycles. The van der Waals surface area contributed by atoms with Crippen LogP contribution in [0.4, 0.5) is 0 Å². The SMILES string of the molecule is COc1cc(-c2nnc(-c3cccc(S(=O)(=O)N4CCOCC4)c3)o2)cc(OC)c1OC. The quantitative estimate of drug-likeness (QED) is 0.523. The van der Waals surface area contributed by atoms with Crippen molar-refractivity contribution in [3.8, 4) is 40.2 Å². The van der Waals surface area contributed by atoms with Crippen molar-refractivity contribution < 1.29 is 31.8 Å². The summed E-state index contributed by atoms with van der Waals surface area (Å²) in [6.45, 7) is 1.39. The Morgan fingerprint density at radius 3 is 2.09 bits per heavy atom. The van der Waals surface area contributed by atoms with Crippen molar-refractivity contribution in [2.75, 3.05) is 47.6 Å². The molecule has 2 aromatic carbocycles. The van der Waals surface area contributed by atoms with Crippen LogP contribution in [-0.2, 0) is 14.8 Å². The third-order valence-electron chi connectivity index (χ3n) is 5.03. The van der Waals surface area contributed by atoms with E-state index in [0.717, 1.165) is 0 Å². The molecule has 10 nitrogen and oxygen atoms in total. The smallest absolute Gasteiger partial charge is 0.248 e. The Hall–Kier alpha value is -3.15. The van der Waals surface area contributed by atoms with E-state index in [4.69, 9.17) is 23.4 Å². The highest BCUT2D eigenvalue weighted by Gasteiger charge is 2.27. The van der Waals surface area contributed by atoms with Gasteiger partial charge in [-0.1, -0.05) is 6.07 Å². The van der Waals surface area contributed by atoms with Crippen LogP contribution < -0.4 is 14.2 Å². The maximum atomic E-state index is 13.0. The van der Waals surface area contributed by atoms with E-state index in [1.54, 1.807) is 30.3 Å². The minimum absolute atomic E-state index is 0.157. The third-order valence-corrected chi connectivity index (χ3v) is 6.92. The minimum Gasteiger partial charge on any atom is -0.493 e. The van der Waals surface area contributed by atoms with Crippen molar-refractivity contribution in [2.24, 2.45) is 0 Å². The topological polar surface area (TPSA) is 113 Å². The lowest BCUT2D eigenvalue weighted by molar-refractivity contribution is 0.0730. The van der Waals surface area contributed by atoms with Gasteiger partial charge >= 0.3 is 0 Å².